The lowest BCUT2D eigenvalue weighted by Crippen LogP contribution is -2.40. The van der Waals surface area contributed by atoms with Gasteiger partial charge in [0, 0.05) is 12.6 Å². The lowest BCUT2D eigenvalue weighted by Gasteiger charge is -2.15. The second-order valence-corrected chi connectivity index (χ2v) is 6.02. The van der Waals surface area contributed by atoms with Gasteiger partial charge >= 0.3 is 11.7 Å². The minimum absolute atomic E-state index is 0.00931. The molecule has 0 aliphatic heterocycles. The minimum Gasteiger partial charge on any atom is -0.464 e. The zero-order valence-corrected chi connectivity index (χ0v) is 15.5. The van der Waals surface area contributed by atoms with Crippen LogP contribution in [0.5, 0.6) is 0 Å². The third-order valence-corrected chi connectivity index (χ3v) is 4.37. The van der Waals surface area contributed by atoms with E-state index in [0.717, 1.165) is 21.3 Å². The smallest absolute Gasteiger partial charge is 0.337 e. The Bertz CT molecular complexity index is 1180. The molecule has 0 saturated carbocycles. The highest BCUT2D eigenvalue weighted by Gasteiger charge is 2.25. The van der Waals surface area contributed by atoms with Gasteiger partial charge in [0.15, 0.2) is 11.2 Å². The Balaban J connectivity index is 2.39. The van der Waals surface area contributed by atoms with Crippen molar-refractivity contribution in [3.8, 4) is 5.69 Å². The van der Waals surface area contributed by atoms with E-state index in [4.69, 9.17) is 4.74 Å². The van der Waals surface area contributed by atoms with E-state index >= 15 is 0 Å². The fraction of sp³-hybridized carbons (Fsp3) is 0.333. The number of hydrogen-bond donors (Lipinski definition) is 0. The summed E-state index contributed by atoms with van der Waals surface area (Å²) >= 11 is 0. The Hall–Kier alpha value is -3.30. The number of carbonyl (C=O) groups excluding carboxylic acids is 1. The maximum atomic E-state index is 14.4. The maximum absolute atomic E-state index is 14.4. The van der Waals surface area contributed by atoms with Crippen molar-refractivity contribution in [1.29, 1.82) is 0 Å². The summed E-state index contributed by atoms with van der Waals surface area (Å²) in [5.74, 6) is -2.39. The first kappa shape index (κ1) is 19.5. The molecule has 0 amide bonds. The minimum atomic E-state index is -0.988. The normalized spacial score (nSPS) is 12.3. The molecule has 28 heavy (non-hydrogen) atoms. The van der Waals surface area contributed by atoms with Crippen LogP contribution in [0.4, 0.5) is 8.78 Å². The molecule has 2 aromatic heterocycles. The predicted octanol–water partition coefficient (Wildman–Crippen LogP) is 1.77. The predicted molar refractivity (Wildman–Crippen MR) is 96.5 cm³/mol. The van der Waals surface area contributed by atoms with E-state index in [1.54, 1.807) is 13.8 Å². The highest BCUT2D eigenvalue weighted by atomic mass is 19.1. The van der Waals surface area contributed by atoms with E-state index in [1.807, 2.05) is 0 Å². The van der Waals surface area contributed by atoms with Gasteiger partial charge in [-0.25, -0.2) is 27.9 Å². The number of esters is 1. The molecule has 0 saturated heterocycles. The molecule has 0 fully saturated rings. The molecule has 0 radical (unpaired) electrons. The summed E-state index contributed by atoms with van der Waals surface area (Å²) in [5, 5.41) is 0. The van der Waals surface area contributed by atoms with E-state index in [2.05, 4.69) is 4.98 Å². The van der Waals surface area contributed by atoms with Crippen LogP contribution >= 0.6 is 0 Å². The van der Waals surface area contributed by atoms with Gasteiger partial charge in [0.1, 0.15) is 17.7 Å². The summed E-state index contributed by atoms with van der Waals surface area (Å²) in [6.07, 6.45) is 1.21. The van der Waals surface area contributed by atoms with Crippen LogP contribution in [0.3, 0.4) is 0 Å². The van der Waals surface area contributed by atoms with Gasteiger partial charge in [0.05, 0.1) is 18.6 Å². The number of nitrogens with zero attached hydrogens (tertiary/aromatic N) is 4. The molecule has 148 valence electrons. The number of benzene rings is 1. The molecule has 0 N–H and O–H groups in total. The van der Waals surface area contributed by atoms with Gasteiger partial charge in [0.25, 0.3) is 5.56 Å². The molecule has 3 aromatic rings. The quantitative estimate of drug-likeness (QED) is 0.618. The van der Waals surface area contributed by atoms with Gasteiger partial charge in [-0.1, -0.05) is 0 Å². The molecule has 1 unspecified atom stereocenters. The largest absolute Gasteiger partial charge is 0.464 e. The Morgan fingerprint density at radius 1 is 1.25 bits per heavy atom. The lowest BCUT2D eigenvalue weighted by atomic mass is 10.3. The summed E-state index contributed by atoms with van der Waals surface area (Å²) < 4.78 is 35.7. The fourth-order valence-corrected chi connectivity index (χ4v) is 2.98. The maximum Gasteiger partial charge on any atom is 0.337 e. The van der Waals surface area contributed by atoms with Crippen molar-refractivity contribution in [2.75, 3.05) is 6.61 Å². The summed E-state index contributed by atoms with van der Waals surface area (Å²) in [6, 6.07) is 1.82. The standard InChI is InChI=1S/C18H18F2N4O4/c1-4-22-16(25)14-15(21-9-23(14)10(3)17(26)28-5-2)24(18(22)27)13-7-6-11(19)8-12(13)20/h6-10H,4-5H2,1-3H3. The first-order valence-corrected chi connectivity index (χ1v) is 8.66. The average molecular weight is 392 g/mol. The summed E-state index contributed by atoms with van der Waals surface area (Å²) in [7, 11) is 0. The van der Waals surface area contributed by atoms with Crippen LogP contribution in [0.15, 0.2) is 34.1 Å². The van der Waals surface area contributed by atoms with Crippen molar-refractivity contribution in [2.45, 2.75) is 33.4 Å². The molecular weight excluding hydrogens is 374 g/mol. The second kappa shape index (κ2) is 7.37. The van der Waals surface area contributed by atoms with Gasteiger partial charge < -0.3 is 9.30 Å². The number of rotatable bonds is 5. The molecule has 3 rings (SSSR count). The van der Waals surface area contributed by atoms with Gasteiger partial charge in [-0.15, -0.1) is 0 Å². The number of fused-ring (bicyclic) bond motifs is 1. The summed E-state index contributed by atoms with van der Waals surface area (Å²) in [5.41, 5.74) is -1.95. The van der Waals surface area contributed by atoms with Crippen LogP contribution in [0, 0.1) is 11.6 Å². The lowest BCUT2D eigenvalue weighted by molar-refractivity contribution is -0.146. The Morgan fingerprint density at radius 2 is 1.96 bits per heavy atom. The second-order valence-electron chi connectivity index (χ2n) is 6.02. The van der Waals surface area contributed by atoms with E-state index in [9.17, 15) is 23.2 Å². The van der Waals surface area contributed by atoms with Crippen LogP contribution < -0.4 is 11.2 Å². The summed E-state index contributed by atoms with van der Waals surface area (Å²) in [6.45, 7) is 4.91. The van der Waals surface area contributed by atoms with Crippen molar-refractivity contribution in [2.24, 2.45) is 0 Å². The van der Waals surface area contributed by atoms with E-state index in [0.29, 0.717) is 6.07 Å². The topological polar surface area (TPSA) is 88.1 Å². The molecule has 0 aliphatic carbocycles. The van der Waals surface area contributed by atoms with Crippen LogP contribution in [0.2, 0.25) is 0 Å². The molecule has 1 aromatic carbocycles. The number of imidazole rings is 1. The van der Waals surface area contributed by atoms with Crippen LogP contribution in [-0.2, 0) is 16.1 Å². The van der Waals surface area contributed by atoms with Gasteiger partial charge in [-0.05, 0) is 32.9 Å². The van der Waals surface area contributed by atoms with Crippen molar-refractivity contribution < 1.29 is 18.3 Å². The SMILES string of the molecule is CCOC(=O)C(C)n1cnc2c1c(=O)n(CC)c(=O)n2-c1ccc(F)cc1F. The number of carbonyl (C=O) groups is 1. The van der Waals surface area contributed by atoms with Gasteiger partial charge in [-0.2, -0.15) is 0 Å². The van der Waals surface area contributed by atoms with Gasteiger partial charge in [-0.3, -0.25) is 9.36 Å². The molecule has 0 bridgehead atoms. The molecule has 10 heteroatoms. The monoisotopic (exact) mass is 392 g/mol. The van der Waals surface area contributed by atoms with Crippen molar-refractivity contribution in [3.63, 3.8) is 0 Å². The highest BCUT2D eigenvalue weighted by Crippen LogP contribution is 2.20. The van der Waals surface area contributed by atoms with Crippen molar-refractivity contribution in [1.82, 2.24) is 18.7 Å². The third kappa shape index (κ3) is 3.00. The molecule has 8 nitrogen and oxygen atoms in total. The first-order chi connectivity index (χ1) is 13.3. The highest BCUT2D eigenvalue weighted by molar-refractivity contribution is 5.79. The van der Waals surface area contributed by atoms with E-state index < -0.39 is 34.9 Å². The zero-order valence-electron chi connectivity index (χ0n) is 15.5. The van der Waals surface area contributed by atoms with Crippen molar-refractivity contribution in [3.05, 3.63) is 57.0 Å². The van der Waals surface area contributed by atoms with Crippen LogP contribution in [0.25, 0.3) is 16.9 Å². The number of aromatic nitrogens is 4. The van der Waals surface area contributed by atoms with Crippen molar-refractivity contribution >= 4 is 17.1 Å². The first-order valence-electron chi connectivity index (χ1n) is 8.66. The van der Waals surface area contributed by atoms with Crippen LogP contribution in [-0.4, -0.2) is 31.3 Å². The Labute approximate surface area is 157 Å². The van der Waals surface area contributed by atoms with Crippen LogP contribution in [0.1, 0.15) is 26.8 Å². The number of halogens is 2. The molecule has 0 spiro atoms. The fourth-order valence-electron chi connectivity index (χ4n) is 2.98. The third-order valence-electron chi connectivity index (χ3n) is 4.37. The number of hydrogen-bond acceptors (Lipinski definition) is 5. The van der Waals surface area contributed by atoms with Gasteiger partial charge in [0.2, 0.25) is 0 Å². The summed E-state index contributed by atoms with van der Waals surface area (Å²) in [4.78, 5) is 41.8. The molecule has 2 heterocycles. The number of ether oxygens (including phenoxy) is 1. The molecule has 1 atom stereocenters. The van der Waals surface area contributed by atoms with E-state index in [1.165, 1.54) is 17.8 Å². The molecular formula is C18H18F2N4O4. The average Bonchev–Trinajstić information content (AvgIpc) is 3.08. The van der Waals surface area contributed by atoms with E-state index in [-0.39, 0.29) is 30.0 Å². The Morgan fingerprint density at radius 3 is 2.57 bits per heavy atom. The Kier molecular flexibility index (Phi) is 5.12. The zero-order chi connectivity index (χ0) is 20.6. The molecule has 0 aliphatic rings.